The van der Waals surface area contributed by atoms with Crippen molar-refractivity contribution in [2.24, 2.45) is 0 Å². The molecule has 3 aromatic rings. The predicted molar refractivity (Wildman–Crippen MR) is 109 cm³/mol. The van der Waals surface area contributed by atoms with Gasteiger partial charge in [0.25, 0.3) is 0 Å². The highest BCUT2D eigenvalue weighted by molar-refractivity contribution is 5.88. The minimum absolute atomic E-state index is 0.131. The lowest BCUT2D eigenvalue weighted by molar-refractivity contribution is -0.138. The maximum Gasteiger partial charge on any atom is 0.336 e. The molecular weight excluding hydrogens is 392 g/mol. The fraction of sp³-hybridized carbons (Fsp3) is 0.182. The van der Waals surface area contributed by atoms with Crippen molar-refractivity contribution in [2.75, 3.05) is 21.0 Å². The predicted octanol–water partition coefficient (Wildman–Crippen LogP) is 2.90. The van der Waals surface area contributed by atoms with E-state index in [0.717, 1.165) is 0 Å². The van der Waals surface area contributed by atoms with Gasteiger partial charge < -0.3 is 28.5 Å². The van der Waals surface area contributed by atoms with E-state index in [1.54, 1.807) is 42.5 Å². The van der Waals surface area contributed by atoms with Crippen LogP contribution in [0.5, 0.6) is 17.2 Å². The molecule has 2 aromatic carbocycles. The summed E-state index contributed by atoms with van der Waals surface area (Å²) in [5.41, 5.74) is 0.891. The second-order valence-corrected chi connectivity index (χ2v) is 6.08. The van der Waals surface area contributed by atoms with Crippen molar-refractivity contribution in [1.82, 2.24) is 0 Å². The largest absolute Gasteiger partial charge is 0.493 e. The summed E-state index contributed by atoms with van der Waals surface area (Å²) >= 11 is 0. The summed E-state index contributed by atoms with van der Waals surface area (Å²) in [6.45, 7) is -0.570. The summed E-state index contributed by atoms with van der Waals surface area (Å²) in [7, 11) is 2.97. The molecule has 30 heavy (non-hydrogen) atoms. The monoisotopic (exact) mass is 412 g/mol. The second-order valence-electron chi connectivity index (χ2n) is 6.08. The average molecular weight is 412 g/mol. The Morgan fingerprint density at radius 2 is 1.87 bits per heavy atom. The van der Waals surface area contributed by atoms with Crippen molar-refractivity contribution in [3.63, 3.8) is 0 Å². The maximum absolute atomic E-state index is 12.1. The number of carbonyl (C=O) groups is 1. The minimum Gasteiger partial charge on any atom is -0.493 e. The number of benzene rings is 2. The highest BCUT2D eigenvalue weighted by Crippen LogP contribution is 2.33. The summed E-state index contributed by atoms with van der Waals surface area (Å²) < 4.78 is 26.0. The Labute approximate surface area is 171 Å². The molecule has 0 spiro atoms. The number of methoxy groups -OCH3 is 2. The van der Waals surface area contributed by atoms with Gasteiger partial charge in [0.05, 0.1) is 14.2 Å². The van der Waals surface area contributed by atoms with E-state index in [1.807, 2.05) is 0 Å². The summed E-state index contributed by atoms with van der Waals surface area (Å²) in [5.74, 6) is 0.749. The first-order chi connectivity index (χ1) is 14.5. The first-order valence-corrected chi connectivity index (χ1v) is 8.91. The van der Waals surface area contributed by atoms with Crippen LogP contribution in [0.4, 0.5) is 0 Å². The van der Waals surface area contributed by atoms with Crippen LogP contribution in [0.1, 0.15) is 11.1 Å². The average Bonchev–Trinajstić information content (AvgIpc) is 2.75. The third-order valence-corrected chi connectivity index (χ3v) is 4.21. The van der Waals surface area contributed by atoms with Gasteiger partial charge in [0.2, 0.25) is 0 Å². The van der Waals surface area contributed by atoms with Gasteiger partial charge in [-0.05, 0) is 29.8 Å². The van der Waals surface area contributed by atoms with Crippen molar-refractivity contribution in [2.45, 2.75) is 6.61 Å². The number of hydrogen-bond donors (Lipinski definition) is 1. The van der Waals surface area contributed by atoms with Gasteiger partial charge in [-0.1, -0.05) is 12.1 Å². The number of carbonyl (C=O) groups excluding carboxylic acids is 1. The smallest absolute Gasteiger partial charge is 0.336 e. The van der Waals surface area contributed by atoms with Crippen LogP contribution in [0, 0.1) is 0 Å². The standard InChI is InChI=1S/C22H20O8/c1-26-19-10-17-15(9-22(25)30-18(17)11-20(19)27-2)12-28-21(24)7-6-14-4-3-5-16(8-14)29-13-23/h3-11,23H,12-13H2,1-2H3/b7-6+. The van der Waals surface area contributed by atoms with E-state index >= 15 is 0 Å². The van der Waals surface area contributed by atoms with Crippen LogP contribution in [0.3, 0.4) is 0 Å². The molecule has 8 heteroatoms. The molecule has 0 atom stereocenters. The van der Waals surface area contributed by atoms with Gasteiger partial charge in [0, 0.05) is 29.2 Å². The Hall–Kier alpha value is -3.78. The molecule has 0 amide bonds. The molecule has 1 aromatic heterocycles. The van der Waals surface area contributed by atoms with Crippen molar-refractivity contribution < 1.29 is 33.3 Å². The van der Waals surface area contributed by atoms with Crippen LogP contribution in [-0.2, 0) is 16.1 Å². The Bertz CT molecular complexity index is 1130. The summed E-state index contributed by atoms with van der Waals surface area (Å²) in [6.07, 6.45) is 2.81. The van der Waals surface area contributed by atoms with Gasteiger partial charge in [0.1, 0.15) is 17.9 Å². The van der Waals surface area contributed by atoms with E-state index in [0.29, 0.717) is 39.3 Å². The van der Waals surface area contributed by atoms with Gasteiger partial charge in [-0.2, -0.15) is 0 Å². The fourth-order valence-corrected chi connectivity index (χ4v) is 2.82. The zero-order chi connectivity index (χ0) is 21.5. The number of esters is 1. The molecule has 0 radical (unpaired) electrons. The Balaban J connectivity index is 1.77. The topological polar surface area (TPSA) is 104 Å². The number of hydrogen-bond acceptors (Lipinski definition) is 8. The quantitative estimate of drug-likeness (QED) is 0.261. The van der Waals surface area contributed by atoms with Crippen molar-refractivity contribution in [3.8, 4) is 17.2 Å². The SMILES string of the molecule is COc1cc2oc(=O)cc(COC(=O)/C=C/c3cccc(OCO)c3)c2cc1OC. The zero-order valence-electron chi connectivity index (χ0n) is 16.4. The summed E-state index contributed by atoms with van der Waals surface area (Å²) in [5, 5.41) is 9.37. The van der Waals surface area contributed by atoms with Crippen LogP contribution in [0.2, 0.25) is 0 Å². The molecule has 1 heterocycles. The van der Waals surface area contributed by atoms with E-state index in [4.69, 9.17) is 28.5 Å². The molecule has 0 saturated carbocycles. The van der Waals surface area contributed by atoms with Crippen LogP contribution in [0.15, 0.2) is 57.8 Å². The highest BCUT2D eigenvalue weighted by atomic mass is 16.6. The molecule has 1 N–H and O–H groups in total. The number of fused-ring (bicyclic) bond motifs is 1. The maximum atomic E-state index is 12.1. The highest BCUT2D eigenvalue weighted by Gasteiger charge is 2.13. The number of aliphatic hydroxyl groups is 1. The molecule has 0 aliphatic carbocycles. The number of ether oxygens (including phenoxy) is 4. The molecule has 156 valence electrons. The van der Waals surface area contributed by atoms with Crippen molar-refractivity contribution in [3.05, 3.63) is 70.1 Å². The van der Waals surface area contributed by atoms with Gasteiger partial charge >= 0.3 is 11.6 Å². The molecule has 0 bridgehead atoms. The number of aliphatic hydroxyl groups excluding tert-OH is 1. The van der Waals surface area contributed by atoms with E-state index in [1.165, 1.54) is 26.4 Å². The lowest BCUT2D eigenvalue weighted by Gasteiger charge is -2.11. The van der Waals surface area contributed by atoms with Crippen molar-refractivity contribution >= 4 is 23.0 Å². The normalized spacial score (nSPS) is 10.9. The minimum atomic E-state index is -0.592. The van der Waals surface area contributed by atoms with E-state index < -0.39 is 18.4 Å². The molecule has 3 rings (SSSR count). The number of rotatable bonds is 8. The second kappa shape index (κ2) is 9.62. The Morgan fingerprint density at radius 1 is 1.10 bits per heavy atom. The Morgan fingerprint density at radius 3 is 2.60 bits per heavy atom. The van der Waals surface area contributed by atoms with E-state index in [2.05, 4.69) is 0 Å². The van der Waals surface area contributed by atoms with Gasteiger partial charge in [-0.25, -0.2) is 9.59 Å². The molecule has 0 saturated heterocycles. The summed E-state index contributed by atoms with van der Waals surface area (Å²) in [4.78, 5) is 24.0. The van der Waals surface area contributed by atoms with E-state index in [9.17, 15) is 9.59 Å². The third kappa shape index (κ3) is 4.98. The van der Waals surface area contributed by atoms with Crippen LogP contribution >= 0.6 is 0 Å². The lowest BCUT2D eigenvalue weighted by atomic mass is 10.1. The Kier molecular flexibility index (Phi) is 6.71. The summed E-state index contributed by atoms with van der Waals surface area (Å²) in [6, 6.07) is 11.3. The fourth-order valence-electron chi connectivity index (χ4n) is 2.82. The molecule has 8 nitrogen and oxygen atoms in total. The van der Waals surface area contributed by atoms with Gasteiger partial charge in [0.15, 0.2) is 18.3 Å². The van der Waals surface area contributed by atoms with Gasteiger partial charge in [-0.3, -0.25) is 0 Å². The lowest BCUT2D eigenvalue weighted by Crippen LogP contribution is -2.06. The molecular formula is C22H20O8. The molecule has 0 aliphatic rings. The molecule has 0 aliphatic heterocycles. The van der Waals surface area contributed by atoms with E-state index in [-0.39, 0.29) is 6.61 Å². The van der Waals surface area contributed by atoms with Crippen molar-refractivity contribution in [1.29, 1.82) is 0 Å². The molecule has 0 unspecified atom stereocenters. The van der Waals surface area contributed by atoms with Crippen LogP contribution < -0.4 is 19.8 Å². The van der Waals surface area contributed by atoms with Crippen LogP contribution in [-0.4, -0.2) is 32.1 Å². The first kappa shape index (κ1) is 20.9. The molecule has 0 fully saturated rings. The third-order valence-electron chi connectivity index (χ3n) is 4.21. The van der Waals surface area contributed by atoms with Crippen LogP contribution in [0.25, 0.3) is 17.0 Å². The van der Waals surface area contributed by atoms with Gasteiger partial charge in [-0.15, -0.1) is 0 Å². The first-order valence-electron chi connectivity index (χ1n) is 8.91. The zero-order valence-corrected chi connectivity index (χ0v) is 16.4.